The molecule has 1 aromatic heterocycles. The van der Waals surface area contributed by atoms with E-state index in [0.29, 0.717) is 18.7 Å². The molecule has 0 amide bonds. The highest BCUT2D eigenvalue weighted by atomic mass is 79.9. The van der Waals surface area contributed by atoms with Crippen LogP contribution in [-0.4, -0.2) is 17.1 Å². The number of carbonyl (C=O) groups excluding carboxylic acids is 1. The van der Waals surface area contributed by atoms with Crippen LogP contribution < -0.4 is 21.5 Å². The van der Waals surface area contributed by atoms with Crippen molar-refractivity contribution in [1.82, 2.24) is 4.57 Å². The number of carbonyl (C=O) groups is 1. The Morgan fingerprint density at radius 1 is 1.50 bits per heavy atom. The lowest BCUT2D eigenvalue weighted by atomic mass is 10.3. The van der Waals surface area contributed by atoms with E-state index >= 15 is 0 Å². The standard InChI is InChI=1S/C13H21N2O2.BrH/c1-4-5-6-14-7-8-15(11-14)9-10-17-13(16)12(2)3;/h7-8,11H,2,4-6,9-10H2,1,3H3;1H/q+1;/p-1. The van der Waals surface area contributed by atoms with Gasteiger partial charge in [-0.3, -0.25) is 0 Å². The highest BCUT2D eigenvalue weighted by Gasteiger charge is 2.06. The van der Waals surface area contributed by atoms with Gasteiger partial charge in [0.15, 0.2) is 0 Å². The lowest BCUT2D eigenvalue weighted by Gasteiger charge is -2.01. The van der Waals surface area contributed by atoms with E-state index in [0.717, 1.165) is 6.54 Å². The number of hydrogen-bond donors (Lipinski definition) is 0. The Bertz CT molecular complexity index is 388. The Morgan fingerprint density at radius 3 is 2.83 bits per heavy atom. The number of ether oxygens (including phenoxy) is 1. The van der Waals surface area contributed by atoms with Gasteiger partial charge in [0.1, 0.15) is 25.5 Å². The minimum Gasteiger partial charge on any atom is -1.00 e. The van der Waals surface area contributed by atoms with Crippen LogP contribution in [-0.2, 0) is 22.6 Å². The molecule has 102 valence electrons. The molecule has 0 bridgehead atoms. The Balaban J connectivity index is 0.00000289. The fourth-order valence-corrected chi connectivity index (χ4v) is 1.41. The highest BCUT2D eigenvalue weighted by Crippen LogP contribution is 1.94. The van der Waals surface area contributed by atoms with Crippen molar-refractivity contribution in [3.8, 4) is 0 Å². The maximum Gasteiger partial charge on any atom is 0.333 e. The van der Waals surface area contributed by atoms with Gasteiger partial charge >= 0.3 is 5.97 Å². The zero-order valence-corrected chi connectivity index (χ0v) is 12.6. The number of nitrogens with zero attached hydrogens (tertiary/aromatic N) is 2. The first kappa shape index (κ1) is 16.9. The Labute approximate surface area is 119 Å². The maximum atomic E-state index is 11.1. The Kier molecular flexibility index (Phi) is 8.37. The molecule has 1 rings (SSSR count). The summed E-state index contributed by atoms with van der Waals surface area (Å²) in [5.41, 5.74) is 0.440. The second kappa shape index (κ2) is 8.91. The molecule has 0 aliphatic heterocycles. The number of esters is 1. The van der Waals surface area contributed by atoms with Gasteiger partial charge in [-0.25, -0.2) is 13.9 Å². The van der Waals surface area contributed by atoms with Gasteiger partial charge in [0, 0.05) is 5.57 Å². The summed E-state index contributed by atoms with van der Waals surface area (Å²) in [5, 5.41) is 0. The molecule has 0 saturated heterocycles. The van der Waals surface area contributed by atoms with E-state index in [-0.39, 0.29) is 23.0 Å². The average molecular weight is 317 g/mol. The lowest BCUT2D eigenvalue weighted by Crippen LogP contribution is -3.00. The molecule has 1 aromatic rings. The van der Waals surface area contributed by atoms with Crippen molar-refractivity contribution in [2.24, 2.45) is 0 Å². The quantitative estimate of drug-likeness (QED) is 0.356. The van der Waals surface area contributed by atoms with E-state index < -0.39 is 0 Å². The van der Waals surface area contributed by atoms with Crippen molar-refractivity contribution in [2.45, 2.75) is 39.8 Å². The van der Waals surface area contributed by atoms with E-state index in [2.05, 4.69) is 18.1 Å². The number of imidazole rings is 1. The van der Waals surface area contributed by atoms with Gasteiger partial charge in [-0.05, 0) is 13.3 Å². The van der Waals surface area contributed by atoms with Gasteiger partial charge in [0.05, 0.1) is 6.54 Å². The normalized spacial score (nSPS) is 9.67. The number of aromatic nitrogens is 2. The van der Waals surface area contributed by atoms with Crippen LogP contribution in [0.5, 0.6) is 0 Å². The van der Waals surface area contributed by atoms with Crippen molar-refractivity contribution in [2.75, 3.05) is 6.61 Å². The molecule has 5 heteroatoms. The molecule has 0 fully saturated rings. The van der Waals surface area contributed by atoms with Crippen molar-refractivity contribution in [1.29, 1.82) is 0 Å². The Morgan fingerprint density at radius 2 is 2.22 bits per heavy atom. The van der Waals surface area contributed by atoms with E-state index in [1.165, 1.54) is 12.8 Å². The van der Waals surface area contributed by atoms with Crippen LogP contribution in [0, 0.1) is 0 Å². The molecule has 0 atom stereocenters. The minimum atomic E-state index is -0.323. The predicted octanol–water partition coefficient (Wildman–Crippen LogP) is -1.30. The summed E-state index contributed by atoms with van der Waals surface area (Å²) in [4.78, 5) is 11.1. The number of rotatable bonds is 7. The molecular weight excluding hydrogens is 296 g/mol. The van der Waals surface area contributed by atoms with Crippen LogP contribution >= 0.6 is 0 Å². The SMILES string of the molecule is C=C(C)C(=O)OCCn1cc[n+](CCCC)c1.[Br-]. The molecular formula is C13H21BrN2O2. The predicted molar refractivity (Wildman–Crippen MR) is 65.3 cm³/mol. The molecule has 0 aliphatic carbocycles. The first-order valence-electron chi connectivity index (χ1n) is 6.01. The van der Waals surface area contributed by atoms with Crippen LogP contribution in [0.3, 0.4) is 0 Å². The summed E-state index contributed by atoms with van der Waals surface area (Å²) >= 11 is 0. The lowest BCUT2D eigenvalue weighted by molar-refractivity contribution is -0.696. The monoisotopic (exact) mass is 316 g/mol. The third-order valence-electron chi connectivity index (χ3n) is 2.45. The third-order valence-corrected chi connectivity index (χ3v) is 2.45. The zero-order chi connectivity index (χ0) is 12.7. The topological polar surface area (TPSA) is 35.1 Å². The second-order valence-electron chi connectivity index (χ2n) is 4.16. The average Bonchev–Trinajstić information content (AvgIpc) is 2.74. The molecule has 0 N–H and O–H groups in total. The molecule has 0 spiro atoms. The van der Waals surface area contributed by atoms with Crippen molar-refractivity contribution >= 4 is 5.97 Å². The van der Waals surface area contributed by atoms with Crippen LogP contribution in [0.4, 0.5) is 0 Å². The van der Waals surface area contributed by atoms with Crippen molar-refractivity contribution in [3.63, 3.8) is 0 Å². The minimum absolute atomic E-state index is 0. The summed E-state index contributed by atoms with van der Waals surface area (Å²) in [7, 11) is 0. The van der Waals surface area contributed by atoms with Gasteiger partial charge < -0.3 is 21.7 Å². The summed E-state index contributed by atoms with van der Waals surface area (Å²) in [6.07, 6.45) is 8.43. The number of aryl methyl sites for hydroxylation is 1. The first-order valence-corrected chi connectivity index (χ1v) is 6.01. The number of unbranched alkanes of at least 4 members (excludes halogenated alkanes) is 1. The van der Waals surface area contributed by atoms with E-state index in [1.807, 2.05) is 23.3 Å². The fourth-order valence-electron chi connectivity index (χ4n) is 1.41. The molecule has 0 saturated carbocycles. The highest BCUT2D eigenvalue weighted by molar-refractivity contribution is 5.86. The molecule has 0 radical (unpaired) electrons. The van der Waals surface area contributed by atoms with Gasteiger partial charge in [-0.2, -0.15) is 0 Å². The van der Waals surface area contributed by atoms with Crippen LogP contribution in [0.25, 0.3) is 0 Å². The molecule has 0 aliphatic rings. The molecule has 0 aromatic carbocycles. The van der Waals surface area contributed by atoms with Crippen LogP contribution in [0.15, 0.2) is 30.9 Å². The van der Waals surface area contributed by atoms with Gasteiger partial charge in [-0.1, -0.05) is 19.9 Å². The van der Waals surface area contributed by atoms with Gasteiger partial charge in [0.2, 0.25) is 6.33 Å². The summed E-state index contributed by atoms with van der Waals surface area (Å²) in [5.74, 6) is -0.323. The fraction of sp³-hybridized carbons (Fsp3) is 0.538. The summed E-state index contributed by atoms with van der Waals surface area (Å²) in [6.45, 7) is 9.46. The van der Waals surface area contributed by atoms with E-state index in [4.69, 9.17) is 4.74 Å². The van der Waals surface area contributed by atoms with Crippen LogP contribution in [0.2, 0.25) is 0 Å². The largest absolute Gasteiger partial charge is 1.00 e. The summed E-state index contributed by atoms with van der Waals surface area (Å²) < 4.78 is 9.19. The number of halogens is 1. The number of hydrogen-bond acceptors (Lipinski definition) is 2. The first-order chi connectivity index (χ1) is 8.13. The zero-order valence-electron chi connectivity index (χ0n) is 11.1. The van der Waals surface area contributed by atoms with Gasteiger partial charge in [-0.15, -0.1) is 0 Å². The Hall–Kier alpha value is -1.10. The maximum absolute atomic E-state index is 11.1. The molecule has 4 nitrogen and oxygen atoms in total. The second-order valence-corrected chi connectivity index (χ2v) is 4.16. The molecule has 18 heavy (non-hydrogen) atoms. The van der Waals surface area contributed by atoms with E-state index in [9.17, 15) is 4.79 Å². The smallest absolute Gasteiger partial charge is 0.333 e. The van der Waals surface area contributed by atoms with Crippen molar-refractivity contribution in [3.05, 3.63) is 30.9 Å². The van der Waals surface area contributed by atoms with E-state index in [1.54, 1.807) is 6.92 Å². The third kappa shape index (κ3) is 6.00. The van der Waals surface area contributed by atoms with Crippen LogP contribution in [0.1, 0.15) is 26.7 Å². The van der Waals surface area contributed by atoms with Gasteiger partial charge in [0.25, 0.3) is 0 Å². The summed E-state index contributed by atoms with van der Waals surface area (Å²) in [6, 6.07) is 0. The van der Waals surface area contributed by atoms with Crippen molar-refractivity contribution < 1.29 is 31.1 Å². The molecule has 0 unspecified atom stereocenters. The molecule has 1 heterocycles.